The zero-order valence-electron chi connectivity index (χ0n) is 13.4. The lowest BCUT2D eigenvalue weighted by Crippen LogP contribution is -2.42. The van der Waals surface area contributed by atoms with Gasteiger partial charge in [-0.1, -0.05) is 34.6 Å². The molecule has 0 bridgehead atoms. The van der Waals surface area contributed by atoms with Crippen LogP contribution in [0.1, 0.15) is 25.0 Å². The molecule has 0 radical (unpaired) electrons. The molecule has 0 spiro atoms. The van der Waals surface area contributed by atoms with E-state index in [-0.39, 0.29) is 13.2 Å². The lowest BCUT2D eigenvalue weighted by molar-refractivity contribution is -0.125. The van der Waals surface area contributed by atoms with Crippen LogP contribution >= 0.6 is 0 Å². The van der Waals surface area contributed by atoms with E-state index in [1.54, 1.807) is 38.1 Å². The van der Waals surface area contributed by atoms with Gasteiger partial charge in [0.05, 0.1) is 0 Å². The minimum absolute atomic E-state index is 0.111. The summed E-state index contributed by atoms with van der Waals surface area (Å²) in [5, 5.41) is 7.90. The second-order valence-corrected chi connectivity index (χ2v) is 6.40. The first-order chi connectivity index (χ1) is 11.3. The van der Waals surface area contributed by atoms with Gasteiger partial charge in [0.15, 0.2) is 0 Å². The minimum atomic E-state index is -0.975. The summed E-state index contributed by atoms with van der Waals surface area (Å²) in [7, 11) is 0. The molecule has 24 heavy (non-hydrogen) atoms. The van der Waals surface area contributed by atoms with Crippen LogP contribution in [0.15, 0.2) is 34.6 Å². The van der Waals surface area contributed by atoms with Gasteiger partial charge in [0.2, 0.25) is 11.8 Å². The van der Waals surface area contributed by atoms with E-state index in [9.17, 15) is 9.59 Å². The molecule has 4 N–H and O–H groups in total. The first kappa shape index (κ1) is 16.0. The van der Waals surface area contributed by atoms with E-state index < -0.39 is 22.6 Å². The number of hydrogen-bond donors (Lipinski definition) is 2. The summed E-state index contributed by atoms with van der Waals surface area (Å²) in [6.07, 6.45) is 0. The molecule has 126 valence electrons. The maximum atomic E-state index is 11.7. The predicted octanol–water partition coefficient (Wildman–Crippen LogP) is 0.138. The molecule has 2 atom stereocenters. The summed E-state index contributed by atoms with van der Waals surface area (Å²) >= 11 is 0. The van der Waals surface area contributed by atoms with E-state index in [0.717, 1.165) is 0 Å². The van der Waals surface area contributed by atoms with Crippen LogP contribution < -0.4 is 11.5 Å². The number of hydrogen-bond acceptors (Lipinski definition) is 6. The SMILES string of the molecule is C[C@@]1(C(N)=O)CON=C1c1ccc(C2=NOC[C@]2(C)C(N)=O)cc1. The smallest absolute Gasteiger partial charge is 0.233 e. The molecule has 2 heterocycles. The minimum Gasteiger partial charge on any atom is -0.394 e. The molecule has 1 aromatic rings. The van der Waals surface area contributed by atoms with Crippen LogP contribution in [-0.2, 0) is 19.3 Å². The number of carbonyl (C=O) groups is 2. The van der Waals surface area contributed by atoms with Gasteiger partial charge >= 0.3 is 0 Å². The highest BCUT2D eigenvalue weighted by atomic mass is 16.6. The number of rotatable bonds is 4. The summed E-state index contributed by atoms with van der Waals surface area (Å²) < 4.78 is 0. The van der Waals surface area contributed by atoms with Gasteiger partial charge in [0.25, 0.3) is 0 Å². The van der Waals surface area contributed by atoms with E-state index in [1.165, 1.54) is 0 Å². The Labute approximate surface area is 138 Å². The zero-order chi connectivity index (χ0) is 17.5. The Morgan fingerprint density at radius 3 is 1.50 bits per heavy atom. The maximum absolute atomic E-state index is 11.7. The molecule has 2 aliphatic rings. The fourth-order valence-corrected chi connectivity index (χ4v) is 2.69. The molecular weight excluding hydrogens is 312 g/mol. The van der Waals surface area contributed by atoms with E-state index >= 15 is 0 Å². The molecular formula is C16H18N4O4. The second kappa shape index (κ2) is 5.33. The third-order valence-electron chi connectivity index (χ3n) is 4.58. The highest BCUT2D eigenvalue weighted by Gasteiger charge is 2.45. The number of nitrogens with zero attached hydrogens (tertiary/aromatic N) is 2. The predicted molar refractivity (Wildman–Crippen MR) is 86.0 cm³/mol. The van der Waals surface area contributed by atoms with E-state index in [0.29, 0.717) is 22.6 Å². The fraction of sp³-hybridized carbons (Fsp3) is 0.375. The number of oxime groups is 2. The van der Waals surface area contributed by atoms with Crippen LogP contribution in [0.3, 0.4) is 0 Å². The molecule has 0 saturated heterocycles. The Morgan fingerprint density at radius 2 is 1.21 bits per heavy atom. The fourth-order valence-electron chi connectivity index (χ4n) is 2.69. The van der Waals surface area contributed by atoms with Crippen LogP contribution in [-0.4, -0.2) is 36.5 Å². The second-order valence-electron chi connectivity index (χ2n) is 6.40. The van der Waals surface area contributed by atoms with Crippen molar-refractivity contribution in [3.8, 4) is 0 Å². The quantitative estimate of drug-likeness (QED) is 0.813. The van der Waals surface area contributed by atoms with Gasteiger partial charge in [-0.05, 0) is 13.8 Å². The average Bonchev–Trinajstić information content (AvgIpc) is 3.13. The molecule has 0 unspecified atom stereocenters. The van der Waals surface area contributed by atoms with Crippen molar-refractivity contribution >= 4 is 23.2 Å². The third kappa shape index (κ3) is 2.22. The molecule has 8 nitrogen and oxygen atoms in total. The lowest BCUT2D eigenvalue weighted by Gasteiger charge is -2.20. The van der Waals surface area contributed by atoms with Gasteiger partial charge in [-0.25, -0.2) is 0 Å². The van der Waals surface area contributed by atoms with Crippen LogP contribution in [0.25, 0.3) is 0 Å². The largest absolute Gasteiger partial charge is 0.394 e. The molecule has 0 aromatic heterocycles. The van der Waals surface area contributed by atoms with Gasteiger partial charge in [-0.15, -0.1) is 0 Å². The van der Waals surface area contributed by atoms with E-state index in [4.69, 9.17) is 21.1 Å². The molecule has 1 aromatic carbocycles. The van der Waals surface area contributed by atoms with Gasteiger partial charge in [-0.2, -0.15) is 0 Å². The monoisotopic (exact) mass is 330 g/mol. The summed E-state index contributed by atoms with van der Waals surface area (Å²) in [6, 6.07) is 7.08. The third-order valence-corrected chi connectivity index (χ3v) is 4.58. The number of amides is 2. The highest BCUT2D eigenvalue weighted by molar-refractivity contribution is 6.18. The summed E-state index contributed by atoms with van der Waals surface area (Å²) in [6.45, 7) is 3.60. The van der Waals surface area contributed by atoms with Crippen molar-refractivity contribution < 1.29 is 19.3 Å². The van der Waals surface area contributed by atoms with E-state index in [1.807, 2.05) is 0 Å². The molecule has 0 aliphatic carbocycles. The number of carbonyl (C=O) groups excluding carboxylic acids is 2. The topological polar surface area (TPSA) is 129 Å². The number of benzene rings is 1. The van der Waals surface area contributed by atoms with Crippen molar-refractivity contribution in [1.82, 2.24) is 0 Å². The normalized spacial score (nSPS) is 28.6. The van der Waals surface area contributed by atoms with Crippen molar-refractivity contribution in [3.05, 3.63) is 35.4 Å². The Morgan fingerprint density at radius 1 is 0.875 bits per heavy atom. The van der Waals surface area contributed by atoms with E-state index in [2.05, 4.69) is 10.3 Å². The first-order valence-corrected chi connectivity index (χ1v) is 7.40. The molecule has 0 saturated carbocycles. The lowest BCUT2D eigenvalue weighted by atomic mass is 9.80. The van der Waals surface area contributed by atoms with Crippen LogP contribution in [0.4, 0.5) is 0 Å². The molecule has 8 heteroatoms. The van der Waals surface area contributed by atoms with Gasteiger partial charge < -0.3 is 21.1 Å². The standard InChI is InChI=1S/C16H18N4O4/c1-15(13(17)21)7-23-19-11(15)9-3-5-10(6-4-9)12-16(2,14(18)22)8-24-20-12/h3-6H,7-8H2,1-2H3,(H2,17,21)(H2,18,22)/t15-,16+. The van der Waals surface area contributed by atoms with Gasteiger partial charge in [-0.3, -0.25) is 9.59 Å². The zero-order valence-corrected chi connectivity index (χ0v) is 13.4. The molecule has 3 rings (SSSR count). The number of nitrogens with two attached hydrogens (primary N) is 2. The first-order valence-electron chi connectivity index (χ1n) is 7.40. The number of primary amides is 2. The van der Waals surface area contributed by atoms with Crippen LogP contribution in [0.5, 0.6) is 0 Å². The van der Waals surface area contributed by atoms with Crippen molar-refractivity contribution in [1.29, 1.82) is 0 Å². The summed E-state index contributed by atoms with van der Waals surface area (Å²) in [5.74, 6) is -1.00. The summed E-state index contributed by atoms with van der Waals surface area (Å²) in [4.78, 5) is 33.6. The van der Waals surface area contributed by atoms with Gasteiger partial charge in [0, 0.05) is 11.1 Å². The van der Waals surface area contributed by atoms with Crippen molar-refractivity contribution in [2.45, 2.75) is 13.8 Å². The average molecular weight is 330 g/mol. The Balaban J connectivity index is 1.93. The molecule has 0 fully saturated rings. The molecule has 2 aliphatic heterocycles. The summed E-state index contributed by atoms with van der Waals surface area (Å²) in [5.41, 5.74) is 11.4. The van der Waals surface area contributed by atoms with Crippen LogP contribution in [0, 0.1) is 10.8 Å². The molecule has 2 amide bonds. The maximum Gasteiger partial charge on any atom is 0.233 e. The highest BCUT2D eigenvalue weighted by Crippen LogP contribution is 2.32. The Hall–Kier alpha value is -2.90. The van der Waals surface area contributed by atoms with Crippen LogP contribution in [0.2, 0.25) is 0 Å². The van der Waals surface area contributed by atoms with Crippen molar-refractivity contribution in [2.24, 2.45) is 32.6 Å². The van der Waals surface area contributed by atoms with Crippen molar-refractivity contribution in [2.75, 3.05) is 13.2 Å². The Bertz CT molecular complexity index is 706. The van der Waals surface area contributed by atoms with Crippen molar-refractivity contribution in [3.63, 3.8) is 0 Å². The Kier molecular flexibility index (Phi) is 3.55. The van der Waals surface area contributed by atoms with Gasteiger partial charge in [0.1, 0.15) is 35.5 Å².